The third-order valence-electron chi connectivity index (χ3n) is 16.9. The van der Waals surface area contributed by atoms with Crippen LogP contribution < -0.4 is 5.32 Å². The van der Waals surface area contributed by atoms with Crippen molar-refractivity contribution in [1.82, 2.24) is 15.1 Å². The van der Waals surface area contributed by atoms with Gasteiger partial charge in [0.1, 0.15) is 0 Å². The summed E-state index contributed by atoms with van der Waals surface area (Å²) in [4.78, 5) is 44.2. The van der Waals surface area contributed by atoms with Crippen LogP contribution in [0.15, 0.2) is 72.9 Å². The summed E-state index contributed by atoms with van der Waals surface area (Å²) in [6.45, 7) is 15.0. The molecule has 0 spiro atoms. The standard InChI is InChI=1S/C75H135N3O6/c1-5-9-13-17-20-22-24-26-28-30-32-34-36-39-48-59-74(81)83-68-71(69-84-75(82)60-49-40-37-35-33-31-29-27-25-23-21-18-14-10-6-2)55-50-52-62-78(72-56-45-41-46-57-72)64-63-77(65-66-79)61-51-42-47-58-73(80)76-67-70(53-43-16-12-8-4)54-44-38-19-15-11-7-3/h9-10,13-14,20-23,26-29,70-72,79H,5-8,11-12,15-19,24-25,30-69H2,1-4H3,(H,76,80)/b13-9-,14-10-,22-20-,23-21-,28-26-,29-27-. The lowest BCUT2D eigenvalue weighted by atomic mass is 9.93. The molecule has 1 unspecified atom stereocenters. The van der Waals surface area contributed by atoms with E-state index in [4.69, 9.17) is 9.47 Å². The van der Waals surface area contributed by atoms with Crippen LogP contribution in [-0.4, -0.2) is 97.9 Å². The van der Waals surface area contributed by atoms with E-state index >= 15 is 0 Å². The van der Waals surface area contributed by atoms with Crippen LogP contribution in [0.25, 0.3) is 0 Å². The number of nitrogens with one attached hydrogen (secondary N) is 1. The van der Waals surface area contributed by atoms with Crippen molar-refractivity contribution in [1.29, 1.82) is 0 Å². The first-order chi connectivity index (χ1) is 41.4. The Balaban J connectivity index is 2.67. The zero-order chi connectivity index (χ0) is 60.7. The molecule has 84 heavy (non-hydrogen) atoms. The quantitative estimate of drug-likeness (QED) is 0.0352. The van der Waals surface area contributed by atoms with E-state index in [9.17, 15) is 19.5 Å². The molecule has 0 aromatic carbocycles. The van der Waals surface area contributed by atoms with Gasteiger partial charge in [0.05, 0.1) is 19.8 Å². The van der Waals surface area contributed by atoms with Crippen molar-refractivity contribution in [2.75, 3.05) is 59.1 Å². The van der Waals surface area contributed by atoms with Crippen LogP contribution in [0.3, 0.4) is 0 Å². The molecule has 0 aromatic heterocycles. The second-order valence-electron chi connectivity index (χ2n) is 24.7. The molecule has 1 fully saturated rings. The highest BCUT2D eigenvalue weighted by Crippen LogP contribution is 2.24. The van der Waals surface area contributed by atoms with E-state index in [-0.39, 0.29) is 30.4 Å². The van der Waals surface area contributed by atoms with Gasteiger partial charge in [0.25, 0.3) is 0 Å². The molecular weight excluding hydrogens is 1040 g/mol. The van der Waals surface area contributed by atoms with Crippen LogP contribution in [0, 0.1) is 11.8 Å². The Morgan fingerprint density at radius 2 is 0.869 bits per heavy atom. The Bertz CT molecular complexity index is 1580. The molecule has 0 heterocycles. The Hall–Kier alpha value is -3.27. The predicted octanol–water partition coefficient (Wildman–Crippen LogP) is 20.0. The van der Waals surface area contributed by atoms with Gasteiger partial charge < -0.3 is 19.9 Å². The van der Waals surface area contributed by atoms with Crippen molar-refractivity contribution in [3.63, 3.8) is 0 Å². The zero-order valence-electron chi connectivity index (χ0n) is 55.5. The summed E-state index contributed by atoms with van der Waals surface area (Å²) in [6, 6.07) is 0.590. The molecule has 0 aliphatic heterocycles. The minimum atomic E-state index is -0.137. The van der Waals surface area contributed by atoms with Crippen LogP contribution in [-0.2, 0) is 23.9 Å². The second kappa shape index (κ2) is 62.8. The van der Waals surface area contributed by atoms with E-state index in [1.165, 1.54) is 135 Å². The van der Waals surface area contributed by atoms with Gasteiger partial charge >= 0.3 is 11.9 Å². The third kappa shape index (κ3) is 53.0. The molecule has 1 atom stereocenters. The maximum Gasteiger partial charge on any atom is 0.305 e. The number of rotatable bonds is 61. The fourth-order valence-corrected chi connectivity index (χ4v) is 11.5. The molecule has 1 amide bonds. The maximum atomic E-state index is 13.0. The molecule has 1 rings (SSSR count). The summed E-state index contributed by atoms with van der Waals surface area (Å²) in [6.07, 6.45) is 75.4. The summed E-state index contributed by atoms with van der Waals surface area (Å²) in [5.74, 6) is 0.531. The molecular formula is C75H135N3O6. The topological polar surface area (TPSA) is 108 Å². The van der Waals surface area contributed by atoms with Gasteiger partial charge in [-0.3, -0.25) is 24.2 Å². The van der Waals surface area contributed by atoms with Crippen LogP contribution >= 0.6 is 0 Å². The van der Waals surface area contributed by atoms with Crippen molar-refractivity contribution >= 4 is 17.8 Å². The number of aliphatic hydroxyl groups excluding tert-OH is 1. The molecule has 9 nitrogen and oxygen atoms in total. The van der Waals surface area contributed by atoms with Gasteiger partial charge in [0, 0.05) is 57.4 Å². The van der Waals surface area contributed by atoms with Crippen LogP contribution in [0.1, 0.15) is 310 Å². The minimum Gasteiger partial charge on any atom is -0.465 e. The normalized spacial score (nSPS) is 14.0. The Labute approximate surface area is 519 Å². The van der Waals surface area contributed by atoms with Crippen molar-refractivity contribution in [3.05, 3.63) is 72.9 Å². The number of carbonyl (C=O) groups is 3. The highest BCUT2D eigenvalue weighted by molar-refractivity contribution is 5.75. The number of amides is 1. The first-order valence-electron chi connectivity index (χ1n) is 35.9. The second-order valence-corrected chi connectivity index (χ2v) is 24.7. The largest absolute Gasteiger partial charge is 0.465 e. The summed E-state index contributed by atoms with van der Waals surface area (Å²) < 4.78 is 11.8. The molecule has 1 aliphatic rings. The predicted molar refractivity (Wildman–Crippen MR) is 361 cm³/mol. The van der Waals surface area contributed by atoms with Crippen molar-refractivity contribution < 1.29 is 29.0 Å². The van der Waals surface area contributed by atoms with E-state index in [1.807, 2.05) is 0 Å². The Morgan fingerprint density at radius 1 is 0.440 bits per heavy atom. The molecule has 9 heteroatoms. The number of ether oxygens (including phenoxy) is 2. The molecule has 1 aliphatic carbocycles. The number of carbonyl (C=O) groups excluding carboxylic acids is 3. The van der Waals surface area contributed by atoms with E-state index in [2.05, 4.69) is 116 Å². The van der Waals surface area contributed by atoms with Crippen molar-refractivity contribution in [3.8, 4) is 0 Å². The monoisotopic (exact) mass is 1170 g/mol. The lowest BCUT2D eigenvalue weighted by Crippen LogP contribution is -2.43. The van der Waals surface area contributed by atoms with Crippen LogP contribution in [0.5, 0.6) is 0 Å². The summed E-state index contributed by atoms with van der Waals surface area (Å²) in [5.41, 5.74) is 0. The molecule has 486 valence electrons. The molecule has 0 radical (unpaired) electrons. The SMILES string of the molecule is CC/C=C\C/C=C\C/C=C\CCCCCCCC(=O)OCC(CCCCN(CCN(CCO)CCCCCC(=O)NCC(CCCCCC)CCCCCCCC)C1CCCCC1)COC(=O)CCCCCCC/C=C\C/C=C\C/C=C\CC. The van der Waals surface area contributed by atoms with Gasteiger partial charge in [-0.2, -0.15) is 0 Å². The smallest absolute Gasteiger partial charge is 0.305 e. The van der Waals surface area contributed by atoms with E-state index in [1.54, 1.807) is 0 Å². The van der Waals surface area contributed by atoms with E-state index < -0.39 is 0 Å². The molecule has 2 N–H and O–H groups in total. The van der Waals surface area contributed by atoms with Crippen molar-refractivity contribution in [2.24, 2.45) is 11.8 Å². The lowest BCUT2D eigenvalue weighted by Gasteiger charge is -2.36. The molecule has 0 bridgehead atoms. The van der Waals surface area contributed by atoms with E-state index in [0.717, 1.165) is 161 Å². The number of unbranched alkanes of at least 4 members (excludes halogenated alkanes) is 21. The van der Waals surface area contributed by atoms with Gasteiger partial charge in [-0.15, -0.1) is 0 Å². The van der Waals surface area contributed by atoms with Gasteiger partial charge in [-0.05, 0) is 147 Å². The summed E-state index contributed by atoms with van der Waals surface area (Å²) >= 11 is 0. The number of hydrogen-bond donors (Lipinski definition) is 2. The van der Waals surface area contributed by atoms with Crippen LogP contribution in [0.4, 0.5) is 0 Å². The molecule has 1 saturated carbocycles. The number of hydrogen-bond acceptors (Lipinski definition) is 8. The lowest BCUT2D eigenvalue weighted by molar-refractivity contribution is -0.149. The number of allylic oxidation sites excluding steroid dienone is 12. The number of nitrogens with zero attached hydrogens (tertiary/aromatic N) is 2. The van der Waals surface area contributed by atoms with Crippen LogP contribution in [0.2, 0.25) is 0 Å². The summed E-state index contributed by atoms with van der Waals surface area (Å²) in [7, 11) is 0. The number of esters is 2. The average molecular weight is 1170 g/mol. The summed E-state index contributed by atoms with van der Waals surface area (Å²) in [5, 5.41) is 13.4. The highest BCUT2D eigenvalue weighted by Gasteiger charge is 2.23. The first-order valence-corrected chi connectivity index (χ1v) is 35.9. The number of aliphatic hydroxyl groups is 1. The molecule has 0 saturated heterocycles. The zero-order valence-corrected chi connectivity index (χ0v) is 55.5. The minimum absolute atomic E-state index is 0.0119. The van der Waals surface area contributed by atoms with Gasteiger partial charge in [0.15, 0.2) is 0 Å². The Kier molecular flexibility index (Phi) is 58.8. The first kappa shape index (κ1) is 78.7. The van der Waals surface area contributed by atoms with Gasteiger partial charge in [-0.1, -0.05) is 235 Å². The maximum absolute atomic E-state index is 13.0. The third-order valence-corrected chi connectivity index (χ3v) is 16.9. The van der Waals surface area contributed by atoms with Gasteiger partial charge in [0.2, 0.25) is 5.91 Å². The average Bonchev–Trinajstić information content (AvgIpc) is 3.55. The Morgan fingerprint density at radius 3 is 1.40 bits per heavy atom. The fourth-order valence-electron chi connectivity index (χ4n) is 11.5. The molecule has 0 aromatic rings. The fraction of sp³-hybridized carbons (Fsp3) is 0.800. The highest BCUT2D eigenvalue weighted by atomic mass is 16.5. The van der Waals surface area contributed by atoms with Crippen molar-refractivity contribution in [2.45, 2.75) is 316 Å². The van der Waals surface area contributed by atoms with E-state index in [0.29, 0.717) is 51.0 Å². The van der Waals surface area contributed by atoms with Gasteiger partial charge in [-0.25, -0.2) is 0 Å².